The standard InChI is InChI=1S/C12H11N3OS/c13-7-9-6-11(14)12(15-8-9)16-4-3-10-2-1-5-17-10/h1-2,5-6,8H,3-4,14H2. The Morgan fingerprint density at radius 3 is 3.06 bits per heavy atom. The fourth-order valence-electron chi connectivity index (χ4n) is 1.35. The van der Waals surface area contributed by atoms with Crippen molar-refractivity contribution in [3.05, 3.63) is 40.2 Å². The van der Waals surface area contributed by atoms with E-state index in [1.807, 2.05) is 17.5 Å². The number of hydrogen-bond donors (Lipinski definition) is 1. The first-order chi connectivity index (χ1) is 8.29. The summed E-state index contributed by atoms with van der Waals surface area (Å²) >= 11 is 1.69. The Labute approximate surface area is 103 Å². The van der Waals surface area contributed by atoms with E-state index in [2.05, 4.69) is 11.1 Å². The summed E-state index contributed by atoms with van der Waals surface area (Å²) in [5, 5.41) is 10.7. The molecule has 4 nitrogen and oxygen atoms in total. The first-order valence-electron chi connectivity index (χ1n) is 5.10. The quantitative estimate of drug-likeness (QED) is 0.896. The van der Waals surface area contributed by atoms with Crippen LogP contribution in [0.25, 0.3) is 0 Å². The molecule has 0 spiro atoms. The van der Waals surface area contributed by atoms with Crippen molar-refractivity contribution in [2.75, 3.05) is 12.3 Å². The van der Waals surface area contributed by atoms with Gasteiger partial charge in [0.25, 0.3) is 0 Å². The number of nitrogens with two attached hydrogens (primary N) is 1. The van der Waals surface area contributed by atoms with E-state index in [-0.39, 0.29) is 0 Å². The van der Waals surface area contributed by atoms with Crippen LogP contribution in [-0.4, -0.2) is 11.6 Å². The van der Waals surface area contributed by atoms with Crippen molar-refractivity contribution < 1.29 is 4.74 Å². The summed E-state index contributed by atoms with van der Waals surface area (Å²) in [5.74, 6) is 0.389. The maximum atomic E-state index is 8.67. The molecule has 0 atom stereocenters. The Balaban J connectivity index is 1.93. The summed E-state index contributed by atoms with van der Waals surface area (Å²) in [6.07, 6.45) is 2.29. The molecule has 2 aromatic heterocycles. The molecule has 17 heavy (non-hydrogen) atoms. The van der Waals surface area contributed by atoms with Gasteiger partial charge in [0.05, 0.1) is 17.9 Å². The summed E-state index contributed by atoms with van der Waals surface area (Å²) in [6, 6.07) is 7.61. The predicted octanol–water partition coefficient (Wildman–Crippen LogP) is 2.22. The number of nitrogen functional groups attached to an aromatic ring is 1. The largest absolute Gasteiger partial charge is 0.476 e. The van der Waals surface area contributed by atoms with E-state index in [4.69, 9.17) is 15.7 Å². The van der Waals surface area contributed by atoms with Crippen LogP contribution >= 0.6 is 11.3 Å². The Hall–Kier alpha value is -2.06. The third-order valence-corrected chi connectivity index (χ3v) is 3.11. The molecule has 0 aliphatic carbocycles. The molecule has 0 radical (unpaired) electrons. The molecule has 0 amide bonds. The molecule has 0 saturated heterocycles. The molecule has 2 aromatic rings. The lowest BCUT2D eigenvalue weighted by molar-refractivity contribution is 0.312. The number of nitrogens with zero attached hydrogens (tertiary/aromatic N) is 2. The molecule has 0 saturated carbocycles. The molecule has 0 aliphatic rings. The van der Waals surface area contributed by atoms with Crippen LogP contribution < -0.4 is 10.5 Å². The second-order valence-corrected chi connectivity index (χ2v) is 4.44. The smallest absolute Gasteiger partial charge is 0.237 e. The molecule has 0 aliphatic heterocycles. The van der Waals surface area contributed by atoms with E-state index >= 15 is 0 Å². The average molecular weight is 245 g/mol. The highest BCUT2D eigenvalue weighted by atomic mass is 32.1. The van der Waals surface area contributed by atoms with Gasteiger partial charge in [-0.15, -0.1) is 11.3 Å². The Bertz CT molecular complexity index is 531. The second-order valence-electron chi connectivity index (χ2n) is 3.41. The van der Waals surface area contributed by atoms with Crippen LogP contribution in [0.2, 0.25) is 0 Å². The fraction of sp³-hybridized carbons (Fsp3) is 0.167. The van der Waals surface area contributed by atoms with E-state index in [9.17, 15) is 0 Å². The van der Waals surface area contributed by atoms with Crippen molar-refractivity contribution in [1.82, 2.24) is 4.98 Å². The SMILES string of the molecule is N#Cc1cnc(OCCc2cccs2)c(N)c1. The van der Waals surface area contributed by atoms with Crippen molar-refractivity contribution in [3.63, 3.8) is 0 Å². The van der Waals surface area contributed by atoms with Gasteiger partial charge >= 0.3 is 0 Å². The van der Waals surface area contributed by atoms with Gasteiger partial charge in [-0.3, -0.25) is 0 Å². The van der Waals surface area contributed by atoms with Gasteiger partial charge in [-0.25, -0.2) is 4.98 Å². The molecule has 0 aromatic carbocycles. The normalized spacial score (nSPS) is 9.82. The number of pyridine rings is 1. The lowest BCUT2D eigenvalue weighted by atomic mass is 10.3. The van der Waals surface area contributed by atoms with Gasteiger partial charge in [0.1, 0.15) is 6.07 Å². The van der Waals surface area contributed by atoms with Gasteiger partial charge in [0.2, 0.25) is 5.88 Å². The Kier molecular flexibility index (Phi) is 3.58. The molecule has 2 heterocycles. The van der Waals surface area contributed by atoms with E-state index in [0.717, 1.165) is 6.42 Å². The lowest BCUT2D eigenvalue weighted by Gasteiger charge is -2.06. The maximum absolute atomic E-state index is 8.67. The topological polar surface area (TPSA) is 71.9 Å². The zero-order chi connectivity index (χ0) is 12.1. The van der Waals surface area contributed by atoms with Gasteiger partial charge in [-0.1, -0.05) is 6.07 Å². The average Bonchev–Trinajstić information content (AvgIpc) is 2.84. The van der Waals surface area contributed by atoms with Crippen LogP contribution in [0.5, 0.6) is 5.88 Å². The van der Waals surface area contributed by atoms with E-state index in [1.54, 1.807) is 17.4 Å². The van der Waals surface area contributed by atoms with Crippen LogP contribution in [-0.2, 0) is 6.42 Å². The van der Waals surface area contributed by atoms with Gasteiger partial charge < -0.3 is 10.5 Å². The fourth-order valence-corrected chi connectivity index (χ4v) is 2.04. The number of anilines is 1. The number of nitriles is 1. The predicted molar refractivity (Wildman–Crippen MR) is 66.9 cm³/mol. The number of rotatable bonds is 4. The van der Waals surface area contributed by atoms with E-state index in [1.165, 1.54) is 11.1 Å². The Morgan fingerprint density at radius 1 is 1.53 bits per heavy atom. The molecular formula is C12H11N3OS. The summed E-state index contributed by atoms with van der Waals surface area (Å²) < 4.78 is 5.47. The van der Waals surface area contributed by atoms with Crippen molar-refractivity contribution in [3.8, 4) is 11.9 Å². The minimum atomic E-state index is 0.389. The van der Waals surface area contributed by atoms with E-state index < -0.39 is 0 Å². The molecule has 0 bridgehead atoms. The molecular weight excluding hydrogens is 234 g/mol. The highest BCUT2D eigenvalue weighted by molar-refractivity contribution is 7.09. The monoisotopic (exact) mass is 245 g/mol. The third kappa shape index (κ3) is 2.95. The summed E-state index contributed by atoms with van der Waals surface area (Å²) in [5.41, 5.74) is 6.56. The summed E-state index contributed by atoms with van der Waals surface area (Å²) in [7, 11) is 0. The summed E-state index contributed by atoms with van der Waals surface area (Å²) in [4.78, 5) is 5.26. The number of hydrogen-bond acceptors (Lipinski definition) is 5. The van der Waals surface area contributed by atoms with Gasteiger partial charge in [-0.2, -0.15) is 5.26 Å². The van der Waals surface area contributed by atoms with Crippen molar-refractivity contribution in [2.24, 2.45) is 0 Å². The molecule has 86 valence electrons. The van der Waals surface area contributed by atoms with Gasteiger partial charge in [-0.05, 0) is 17.5 Å². The summed E-state index contributed by atoms with van der Waals surface area (Å²) in [6.45, 7) is 0.531. The van der Waals surface area contributed by atoms with Crippen LogP contribution in [0, 0.1) is 11.3 Å². The molecule has 0 unspecified atom stereocenters. The Morgan fingerprint density at radius 2 is 2.41 bits per heavy atom. The first kappa shape index (κ1) is 11.4. The highest BCUT2D eigenvalue weighted by Crippen LogP contribution is 2.19. The second kappa shape index (κ2) is 5.32. The first-order valence-corrected chi connectivity index (χ1v) is 5.98. The van der Waals surface area contributed by atoms with Gasteiger partial charge in [0.15, 0.2) is 0 Å². The van der Waals surface area contributed by atoms with Crippen LogP contribution in [0.15, 0.2) is 29.8 Å². The molecule has 0 fully saturated rings. The number of aromatic nitrogens is 1. The van der Waals surface area contributed by atoms with Crippen molar-refractivity contribution in [1.29, 1.82) is 5.26 Å². The minimum absolute atomic E-state index is 0.389. The number of ether oxygens (including phenoxy) is 1. The van der Waals surface area contributed by atoms with Gasteiger partial charge in [0, 0.05) is 17.5 Å². The number of thiophene rings is 1. The van der Waals surface area contributed by atoms with Crippen molar-refractivity contribution >= 4 is 17.0 Å². The molecule has 5 heteroatoms. The lowest BCUT2D eigenvalue weighted by Crippen LogP contribution is -2.04. The van der Waals surface area contributed by atoms with Crippen LogP contribution in [0.4, 0.5) is 5.69 Å². The zero-order valence-corrected chi connectivity index (χ0v) is 9.91. The highest BCUT2D eigenvalue weighted by Gasteiger charge is 2.03. The van der Waals surface area contributed by atoms with Crippen LogP contribution in [0.1, 0.15) is 10.4 Å². The zero-order valence-electron chi connectivity index (χ0n) is 9.09. The molecule has 2 N–H and O–H groups in total. The maximum Gasteiger partial charge on any atom is 0.237 e. The van der Waals surface area contributed by atoms with Crippen molar-refractivity contribution in [2.45, 2.75) is 6.42 Å². The molecule has 2 rings (SSSR count). The minimum Gasteiger partial charge on any atom is -0.476 e. The van der Waals surface area contributed by atoms with Crippen LogP contribution in [0.3, 0.4) is 0 Å². The third-order valence-electron chi connectivity index (χ3n) is 2.18. The van der Waals surface area contributed by atoms with E-state index in [0.29, 0.717) is 23.7 Å².